The largest absolute Gasteiger partial charge is 0.461 e. The van der Waals surface area contributed by atoms with E-state index >= 15 is 0 Å². The molecule has 0 radical (unpaired) electrons. The molecule has 0 saturated heterocycles. The number of anilines is 1. The molecule has 0 saturated carbocycles. The number of nitrogens with one attached hydrogen (secondary N) is 1. The molecule has 112 valence electrons. The van der Waals surface area contributed by atoms with Crippen LogP contribution in [-0.2, 0) is 11.2 Å². The normalized spacial score (nSPS) is 10.6. The third-order valence-electron chi connectivity index (χ3n) is 3.01. The molecule has 2 aromatic heterocycles. The lowest BCUT2D eigenvalue weighted by Crippen LogP contribution is -2.11. The number of hydrogen-bond donors (Lipinski definition) is 1. The number of aryl methyl sites for hydroxylation is 1. The van der Waals surface area contributed by atoms with E-state index in [-0.39, 0.29) is 18.1 Å². The number of nitrogens with zero attached hydrogens (tertiary/aromatic N) is 2. The highest BCUT2D eigenvalue weighted by Gasteiger charge is 2.11. The summed E-state index contributed by atoms with van der Waals surface area (Å²) in [6.07, 6.45) is 0.683. The summed E-state index contributed by atoms with van der Waals surface area (Å²) in [5.41, 5.74) is 1.95. The molecule has 2 heterocycles. The van der Waals surface area contributed by atoms with Crippen molar-refractivity contribution in [1.82, 2.24) is 10.2 Å². The van der Waals surface area contributed by atoms with Gasteiger partial charge in [0.15, 0.2) is 0 Å². The van der Waals surface area contributed by atoms with Crippen LogP contribution >= 0.6 is 11.3 Å². The Balaban J connectivity index is 1.60. The van der Waals surface area contributed by atoms with Crippen LogP contribution in [0.25, 0.3) is 11.3 Å². The molecule has 3 rings (SSSR count). The Kier molecular flexibility index (Phi) is 4.24. The number of hydrogen-bond acceptors (Lipinski definition) is 5. The predicted octanol–water partition coefficient (Wildman–Crippen LogP) is 3.51. The molecule has 0 aliphatic carbocycles. The maximum absolute atomic E-state index is 13.7. The van der Waals surface area contributed by atoms with Gasteiger partial charge >= 0.3 is 0 Å². The summed E-state index contributed by atoms with van der Waals surface area (Å²) in [4.78, 5) is 11.7. The van der Waals surface area contributed by atoms with Crippen LogP contribution < -0.4 is 5.32 Å². The Morgan fingerprint density at radius 2 is 2.14 bits per heavy atom. The first-order chi connectivity index (χ1) is 10.7. The number of furan rings is 1. The lowest BCUT2D eigenvalue weighted by Gasteiger charge is -2.00. The summed E-state index contributed by atoms with van der Waals surface area (Å²) in [6.45, 7) is 0. The molecule has 0 fully saturated rings. The van der Waals surface area contributed by atoms with E-state index < -0.39 is 0 Å². The lowest BCUT2D eigenvalue weighted by molar-refractivity contribution is -0.116. The van der Waals surface area contributed by atoms with Crippen LogP contribution in [0.15, 0.2) is 46.3 Å². The predicted molar refractivity (Wildman–Crippen MR) is 81.0 cm³/mol. The molecule has 0 aliphatic rings. The van der Waals surface area contributed by atoms with Crippen LogP contribution in [0.5, 0.6) is 0 Å². The van der Waals surface area contributed by atoms with Gasteiger partial charge in [-0.25, -0.2) is 4.39 Å². The SMILES string of the molecule is O=C(CCc1ccc(-c2ccccc2F)o1)Nc1nncs1. The molecule has 1 N–H and O–H groups in total. The van der Waals surface area contributed by atoms with Gasteiger partial charge in [-0.1, -0.05) is 23.5 Å². The number of aromatic nitrogens is 2. The van der Waals surface area contributed by atoms with Crippen molar-refractivity contribution in [3.63, 3.8) is 0 Å². The second-order valence-corrected chi connectivity index (χ2v) is 5.37. The summed E-state index contributed by atoms with van der Waals surface area (Å²) in [5, 5.41) is 10.5. The first-order valence-corrected chi connectivity index (χ1v) is 7.50. The van der Waals surface area contributed by atoms with E-state index in [1.54, 1.807) is 35.8 Å². The summed E-state index contributed by atoms with van der Waals surface area (Å²) < 4.78 is 19.3. The number of carbonyl (C=O) groups is 1. The highest BCUT2D eigenvalue weighted by molar-refractivity contribution is 7.13. The van der Waals surface area contributed by atoms with Gasteiger partial charge in [-0.15, -0.1) is 10.2 Å². The number of halogens is 1. The molecular weight excluding hydrogens is 305 g/mol. The van der Waals surface area contributed by atoms with Gasteiger partial charge in [-0.05, 0) is 24.3 Å². The minimum Gasteiger partial charge on any atom is -0.461 e. The van der Waals surface area contributed by atoms with Crippen molar-refractivity contribution < 1.29 is 13.6 Å². The molecule has 3 aromatic rings. The Morgan fingerprint density at radius 3 is 2.91 bits per heavy atom. The lowest BCUT2D eigenvalue weighted by atomic mass is 10.1. The molecular formula is C15H12FN3O2S. The quantitative estimate of drug-likeness (QED) is 0.782. The molecule has 0 aliphatic heterocycles. The van der Waals surface area contributed by atoms with E-state index in [1.165, 1.54) is 17.4 Å². The molecule has 22 heavy (non-hydrogen) atoms. The average molecular weight is 317 g/mol. The van der Waals surface area contributed by atoms with Crippen molar-refractivity contribution in [2.45, 2.75) is 12.8 Å². The van der Waals surface area contributed by atoms with Gasteiger partial charge in [0.2, 0.25) is 11.0 Å². The zero-order chi connectivity index (χ0) is 15.4. The van der Waals surface area contributed by atoms with E-state index in [2.05, 4.69) is 15.5 Å². The first kappa shape index (κ1) is 14.4. The van der Waals surface area contributed by atoms with Crippen molar-refractivity contribution >= 4 is 22.4 Å². The van der Waals surface area contributed by atoms with Crippen molar-refractivity contribution in [2.24, 2.45) is 0 Å². The highest BCUT2D eigenvalue weighted by atomic mass is 32.1. The average Bonchev–Trinajstić information content (AvgIpc) is 3.17. The Labute approximate surface area is 129 Å². The van der Waals surface area contributed by atoms with Crippen molar-refractivity contribution in [3.05, 3.63) is 53.5 Å². The zero-order valence-corrected chi connectivity index (χ0v) is 12.3. The van der Waals surface area contributed by atoms with Gasteiger partial charge in [-0.3, -0.25) is 4.79 Å². The minimum atomic E-state index is -0.336. The number of carbonyl (C=O) groups excluding carboxylic acids is 1. The molecule has 1 amide bonds. The minimum absolute atomic E-state index is 0.166. The van der Waals surface area contributed by atoms with Gasteiger partial charge in [-0.2, -0.15) is 0 Å². The fraction of sp³-hybridized carbons (Fsp3) is 0.133. The number of amides is 1. The third-order valence-corrected chi connectivity index (χ3v) is 3.61. The Hall–Kier alpha value is -2.54. The zero-order valence-electron chi connectivity index (χ0n) is 11.5. The van der Waals surface area contributed by atoms with Crippen LogP contribution in [-0.4, -0.2) is 16.1 Å². The van der Waals surface area contributed by atoms with E-state index in [0.717, 1.165) is 0 Å². The molecule has 7 heteroatoms. The molecule has 0 unspecified atom stereocenters. The van der Waals surface area contributed by atoms with Gasteiger partial charge in [0, 0.05) is 12.8 Å². The van der Waals surface area contributed by atoms with Crippen LogP contribution in [0, 0.1) is 5.82 Å². The third kappa shape index (κ3) is 3.37. The monoisotopic (exact) mass is 317 g/mol. The second kappa shape index (κ2) is 6.48. The van der Waals surface area contributed by atoms with E-state index in [9.17, 15) is 9.18 Å². The fourth-order valence-corrected chi connectivity index (χ4v) is 2.43. The smallest absolute Gasteiger partial charge is 0.226 e. The molecule has 0 atom stereocenters. The molecule has 5 nitrogen and oxygen atoms in total. The molecule has 0 spiro atoms. The molecule has 1 aromatic carbocycles. The van der Waals surface area contributed by atoms with Crippen LogP contribution in [0.1, 0.15) is 12.2 Å². The van der Waals surface area contributed by atoms with Crippen molar-refractivity contribution in [1.29, 1.82) is 0 Å². The number of rotatable bonds is 5. The molecule has 0 bridgehead atoms. The highest BCUT2D eigenvalue weighted by Crippen LogP contribution is 2.25. The van der Waals surface area contributed by atoms with Gasteiger partial charge < -0.3 is 9.73 Å². The fourth-order valence-electron chi connectivity index (χ4n) is 1.96. The standard InChI is InChI=1S/C15H12FN3O2S/c16-12-4-2-1-3-11(12)13-7-5-10(21-13)6-8-14(20)18-15-19-17-9-22-15/h1-5,7,9H,6,8H2,(H,18,19,20). The summed E-state index contributed by atoms with van der Waals surface area (Å²) >= 11 is 1.26. The van der Waals surface area contributed by atoms with E-state index in [0.29, 0.717) is 28.6 Å². The van der Waals surface area contributed by atoms with Crippen LogP contribution in [0.4, 0.5) is 9.52 Å². The van der Waals surface area contributed by atoms with Crippen molar-refractivity contribution in [2.75, 3.05) is 5.32 Å². The van der Waals surface area contributed by atoms with Crippen LogP contribution in [0.3, 0.4) is 0 Å². The van der Waals surface area contributed by atoms with Gasteiger partial charge in [0.1, 0.15) is 22.8 Å². The van der Waals surface area contributed by atoms with Crippen molar-refractivity contribution in [3.8, 4) is 11.3 Å². The topological polar surface area (TPSA) is 68.0 Å². The summed E-state index contributed by atoms with van der Waals surface area (Å²) in [6, 6.07) is 9.86. The van der Waals surface area contributed by atoms with E-state index in [1.807, 2.05) is 0 Å². The summed E-state index contributed by atoms with van der Waals surface area (Å²) in [5.74, 6) is 0.585. The second-order valence-electron chi connectivity index (χ2n) is 4.54. The first-order valence-electron chi connectivity index (χ1n) is 6.62. The maximum atomic E-state index is 13.7. The van der Waals surface area contributed by atoms with Gasteiger partial charge in [0.05, 0.1) is 5.56 Å². The summed E-state index contributed by atoms with van der Waals surface area (Å²) in [7, 11) is 0. The number of benzene rings is 1. The van der Waals surface area contributed by atoms with Gasteiger partial charge in [0.25, 0.3) is 0 Å². The Morgan fingerprint density at radius 1 is 1.27 bits per heavy atom. The van der Waals surface area contributed by atoms with E-state index in [4.69, 9.17) is 4.42 Å². The maximum Gasteiger partial charge on any atom is 0.226 e. The Bertz CT molecular complexity index is 771. The van der Waals surface area contributed by atoms with Crippen LogP contribution in [0.2, 0.25) is 0 Å².